The number of Topliss-reactive ketones (excluding diaryl/α,β-unsaturated/α-hetero) is 1. The first-order valence-electron chi connectivity index (χ1n) is 29.0. The van der Waals surface area contributed by atoms with Gasteiger partial charge in [-0.2, -0.15) is 0 Å². The van der Waals surface area contributed by atoms with Crippen LogP contribution in [-0.4, -0.2) is 121 Å². The van der Waals surface area contributed by atoms with Crippen LogP contribution in [0.3, 0.4) is 0 Å². The topological polar surface area (TPSA) is 244 Å². The summed E-state index contributed by atoms with van der Waals surface area (Å²) in [5, 5.41) is 28.4. The highest BCUT2D eigenvalue weighted by atomic mass is 16.6. The Labute approximate surface area is 478 Å². The third-order valence-electron chi connectivity index (χ3n) is 16.5. The molecular weight excluding hydrogens is 1040 g/mol. The Morgan fingerprint density at radius 2 is 1.46 bits per heavy atom. The molecule has 4 unspecified atom stereocenters. The minimum atomic E-state index is -1.46. The van der Waals surface area contributed by atoms with E-state index in [-0.39, 0.29) is 50.7 Å². The second-order valence-electron chi connectivity index (χ2n) is 22.5. The minimum Gasteiger partial charge on any atom is -0.445 e. The van der Waals surface area contributed by atoms with Crippen molar-refractivity contribution in [2.24, 2.45) is 11.3 Å². The lowest BCUT2D eigenvalue weighted by atomic mass is 9.70. The Morgan fingerprint density at radius 3 is 2.17 bits per heavy atom. The first kappa shape index (κ1) is 58.9. The first-order chi connectivity index (χ1) is 39.9. The number of carbonyl (C=O) groups is 7. The third kappa shape index (κ3) is 15.2. The molecule has 9 rings (SSSR count). The van der Waals surface area contributed by atoms with Gasteiger partial charge in [0.1, 0.15) is 31.5 Å². The average molecular weight is 1120 g/mol. The fourth-order valence-corrected chi connectivity index (χ4v) is 12.3. The predicted octanol–water partition coefficient (Wildman–Crippen LogP) is 6.14. The smallest absolute Gasteiger partial charge is 0.410 e. The van der Waals surface area contributed by atoms with E-state index < -0.39 is 77.5 Å². The molecule has 2 aliphatic carbocycles. The summed E-state index contributed by atoms with van der Waals surface area (Å²) in [7, 11) is 0. The van der Waals surface area contributed by atoms with Crippen molar-refractivity contribution in [2.75, 3.05) is 13.1 Å². The van der Waals surface area contributed by atoms with Gasteiger partial charge in [0.2, 0.25) is 30.0 Å². The van der Waals surface area contributed by atoms with E-state index in [2.05, 4.69) is 31.6 Å². The Kier molecular flexibility index (Phi) is 20.3. The molecule has 1 saturated carbocycles. The zero-order valence-electron chi connectivity index (χ0n) is 46.7. The van der Waals surface area contributed by atoms with Gasteiger partial charge in [0.15, 0.2) is 5.78 Å². The first-order valence-corrected chi connectivity index (χ1v) is 29.0. The van der Waals surface area contributed by atoms with Gasteiger partial charge in [-0.3, -0.25) is 33.3 Å². The molecule has 434 valence electrons. The normalized spacial score (nSPS) is 20.8. The lowest BCUT2D eigenvalue weighted by molar-refractivity contribution is -0.136. The van der Waals surface area contributed by atoms with E-state index in [1.807, 2.05) is 78.9 Å². The highest BCUT2D eigenvalue weighted by molar-refractivity contribution is 5.97. The second kappa shape index (κ2) is 28.3. The number of likely N-dealkylation sites (tertiary alicyclic amines) is 1. The van der Waals surface area contributed by atoms with Gasteiger partial charge in [-0.15, -0.1) is 0 Å². The summed E-state index contributed by atoms with van der Waals surface area (Å²) in [4.78, 5) is 106. The van der Waals surface area contributed by atoms with E-state index in [4.69, 9.17) is 9.47 Å². The van der Waals surface area contributed by atoms with Crippen molar-refractivity contribution in [3.63, 3.8) is 0 Å². The molecule has 19 nitrogen and oxygen atoms in total. The summed E-state index contributed by atoms with van der Waals surface area (Å²) in [6, 6.07) is 20.1. The third-order valence-corrected chi connectivity index (χ3v) is 16.5. The van der Waals surface area contributed by atoms with Crippen LogP contribution in [0.1, 0.15) is 106 Å². The van der Waals surface area contributed by atoms with Crippen molar-refractivity contribution in [3.05, 3.63) is 150 Å². The van der Waals surface area contributed by atoms with Crippen LogP contribution in [-0.2, 0) is 71.0 Å². The zero-order valence-corrected chi connectivity index (χ0v) is 46.7. The highest BCUT2D eigenvalue weighted by Gasteiger charge is 2.46. The van der Waals surface area contributed by atoms with Gasteiger partial charge in [0, 0.05) is 44.1 Å². The Hall–Kier alpha value is -7.74. The average Bonchev–Trinajstić information content (AvgIpc) is 4.41. The van der Waals surface area contributed by atoms with Crippen LogP contribution in [0.4, 0.5) is 4.79 Å². The number of amides is 5. The van der Waals surface area contributed by atoms with Gasteiger partial charge in [0.25, 0.3) is 0 Å². The number of benzene rings is 3. The Morgan fingerprint density at radius 1 is 0.768 bits per heavy atom. The number of allylic oxidation sites excluding steroid dienone is 4. The number of aliphatic hydroxyl groups is 1. The fraction of sp³-hybridized carbons (Fsp3) is 0.460. The summed E-state index contributed by atoms with van der Waals surface area (Å²) in [6.07, 6.45) is 18.6. The molecule has 3 aromatic carbocycles. The highest BCUT2D eigenvalue weighted by Crippen LogP contribution is 2.38. The van der Waals surface area contributed by atoms with Crippen LogP contribution in [0.25, 0.3) is 10.9 Å². The number of ether oxygens (including phenoxy) is 2. The molecule has 0 bridgehead atoms. The number of hydrogen-bond acceptors (Lipinski definition) is 12. The molecule has 5 aromatic rings. The van der Waals surface area contributed by atoms with Crippen LogP contribution in [0.15, 0.2) is 128 Å². The number of carbonyl (C=O) groups excluding carboxylic acids is 7. The molecule has 2 aliphatic heterocycles. The molecule has 8 atom stereocenters. The summed E-state index contributed by atoms with van der Waals surface area (Å²) in [5.74, 6) is -2.63. The Bertz CT molecular complexity index is 3060. The molecular formula is C63H77N9O10. The quantitative estimate of drug-likeness (QED) is 0.0342. The van der Waals surface area contributed by atoms with Crippen molar-refractivity contribution < 1.29 is 48.1 Å². The SMILES string of the molecule is CC(=O)N[C@@H](Cc1cn(C=O)c2ccccc12)C(=O)N[C@@H](CC1(C(=O)[C@@H]2CCCN2)C=CC=CC1)C(=O)N[C@@H](Cc1cn(COCc2ccccc2)cn1)C(=O)NC(CC1CCCCC1)C(O)C1CCCN1C(=O)OCc1ccccc1. The number of nitrogens with zero attached hydrogens (tertiary/aromatic N) is 4. The van der Waals surface area contributed by atoms with Crippen molar-refractivity contribution in [1.82, 2.24) is 45.6 Å². The van der Waals surface area contributed by atoms with E-state index in [9.17, 15) is 29.1 Å². The number of nitrogens with one attached hydrogen (secondary N) is 5. The van der Waals surface area contributed by atoms with Gasteiger partial charge in [-0.25, -0.2) is 9.78 Å². The molecule has 4 heterocycles. The largest absolute Gasteiger partial charge is 0.445 e. The number of para-hydroxylation sites is 1. The van der Waals surface area contributed by atoms with Gasteiger partial charge in [-0.1, -0.05) is 135 Å². The molecule has 4 aliphatic rings. The standard InChI is InChI=1S/C63H77N9O10/c1-43(74)66-52(33-47-36-71(41-73)55-26-13-12-24-49(47)55)59(77)69-54(35-63(28-14-5-15-29-63)58(76)50-25-16-30-64-50)61(79)68-53(34-48-37-70(40-65-48)42-81-38-45-20-8-3-9-21-45)60(78)67-51(32-44-18-6-2-7-19-44)57(75)56-27-17-31-72(56)62(80)82-39-46-22-10-4-11-23-46/h3-5,8-15,20-24,26,28,36-37,40-41,44,50-54,56-57,64,75H,2,6-7,16-19,25,27,29-35,38-39,42H2,1H3,(H,66,74)(H,67,78)(H,68,79)(H,69,77)/t50-,51?,52-,53-,54-,56?,57?,63?/m0/s1. The molecule has 82 heavy (non-hydrogen) atoms. The van der Waals surface area contributed by atoms with Gasteiger partial charge >= 0.3 is 6.09 Å². The number of fused-ring (bicyclic) bond motifs is 1. The van der Waals surface area contributed by atoms with Crippen molar-refractivity contribution >= 4 is 52.8 Å². The fourth-order valence-electron chi connectivity index (χ4n) is 12.3. The van der Waals surface area contributed by atoms with Crippen molar-refractivity contribution in [2.45, 2.75) is 159 Å². The molecule has 5 amide bonds. The maximum absolute atomic E-state index is 15.5. The van der Waals surface area contributed by atoms with Crippen molar-refractivity contribution in [3.8, 4) is 0 Å². The molecule has 0 spiro atoms. The number of imidazole rings is 1. The van der Waals surface area contributed by atoms with Crippen LogP contribution in [0.5, 0.6) is 0 Å². The molecule has 2 aromatic heterocycles. The van der Waals surface area contributed by atoms with Crippen LogP contribution < -0.4 is 26.6 Å². The number of aromatic nitrogens is 3. The molecule has 0 radical (unpaired) electrons. The second-order valence-corrected chi connectivity index (χ2v) is 22.5. The summed E-state index contributed by atoms with van der Waals surface area (Å²) in [5.41, 5.74) is 2.16. The number of ketones is 1. The zero-order chi connectivity index (χ0) is 57.4. The van der Waals surface area contributed by atoms with Crippen LogP contribution >= 0.6 is 0 Å². The monoisotopic (exact) mass is 1120 g/mol. The Balaban J connectivity index is 1.02. The van der Waals surface area contributed by atoms with E-state index in [1.54, 1.807) is 58.5 Å². The summed E-state index contributed by atoms with van der Waals surface area (Å²) in [6.45, 7) is 2.82. The molecule has 2 saturated heterocycles. The number of rotatable bonds is 26. The number of aliphatic hydroxyl groups excluding tert-OH is 1. The summed E-state index contributed by atoms with van der Waals surface area (Å²) < 4.78 is 14.9. The molecule has 3 fully saturated rings. The van der Waals surface area contributed by atoms with E-state index in [0.29, 0.717) is 74.0 Å². The van der Waals surface area contributed by atoms with E-state index >= 15 is 9.59 Å². The minimum absolute atomic E-state index is 0.0549. The van der Waals surface area contributed by atoms with Crippen LogP contribution in [0.2, 0.25) is 0 Å². The van der Waals surface area contributed by atoms with Crippen molar-refractivity contribution in [1.29, 1.82) is 0 Å². The van der Waals surface area contributed by atoms with Crippen LogP contribution in [0, 0.1) is 11.3 Å². The van der Waals surface area contributed by atoms with Gasteiger partial charge in [0.05, 0.1) is 53.8 Å². The molecule has 6 N–H and O–H groups in total. The van der Waals surface area contributed by atoms with E-state index in [1.165, 1.54) is 11.5 Å². The number of hydrogen-bond donors (Lipinski definition) is 6. The van der Waals surface area contributed by atoms with E-state index in [0.717, 1.165) is 49.7 Å². The maximum Gasteiger partial charge on any atom is 0.410 e. The lowest BCUT2D eigenvalue weighted by Crippen LogP contribution is -2.61. The lowest BCUT2D eigenvalue weighted by Gasteiger charge is -2.37. The van der Waals surface area contributed by atoms with Gasteiger partial charge < -0.3 is 50.6 Å². The predicted molar refractivity (Wildman–Crippen MR) is 308 cm³/mol. The van der Waals surface area contributed by atoms with Gasteiger partial charge in [-0.05, 0) is 80.2 Å². The maximum atomic E-state index is 15.5. The molecule has 19 heteroatoms. The summed E-state index contributed by atoms with van der Waals surface area (Å²) >= 11 is 0.